The van der Waals surface area contributed by atoms with Gasteiger partial charge in [-0.1, -0.05) is 12.1 Å². The topological polar surface area (TPSA) is 88.0 Å². The lowest BCUT2D eigenvalue weighted by Gasteiger charge is -2.09. The zero-order valence-corrected chi connectivity index (χ0v) is 13.2. The number of fused-ring (bicyclic) bond motifs is 1. The van der Waals surface area contributed by atoms with Gasteiger partial charge in [-0.3, -0.25) is 14.9 Å². The maximum absolute atomic E-state index is 12.2. The van der Waals surface area contributed by atoms with E-state index in [1.165, 1.54) is 12.1 Å². The van der Waals surface area contributed by atoms with E-state index in [9.17, 15) is 14.9 Å². The number of nitro benzene ring substituents is 1. The van der Waals surface area contributed by atoms with Gasteiger partial charge in [0.05, 0.1) is 4.92 Å². The maximum Gasteiger partial charge on any atom is 0.269 e. The van der Waals surface area contributed by atoms with Crippen molar-refractivity contribution in [2.75, 3.05) is 5.32 Å². The Balaban J connectivity index is 1.65. The first-order valence-corrected chi connectivity index (χ1v) is 7.64. The van der Waals surface area contributed by atoms with Gasteiger partial charge in [0.1, 0.15) is 0 Å². The third-order valence-electron chi connectivity index (χ3n) is 3.93. The molecule has 6 heteroatoms. The predicted octanol–water partition coefficient (Wildman–Crippen LogP) is 3.96. The number of aromatic nitrogens is 1. The number of non-ortho nitro benzene ring substituents is 1. The van der Waals surface area contributed by atoms with Crippen molar-refractivity contribution in [3.8, 4) is 0 Å². The van der Waals surface area contributed by atoms with Gasteiger partial charge in [-0.05, 0) is 48.1 Å². The van der Waals surface area contributed by atoms with E-state index >= 15 is 0 Å². The third-order valence-corrected chi connectivity index (χ3v) is 3.93. The maximum atomic E-state index is 12.2. The molecule has 3 aromatic rings. The molecule has 1 amide bonds. The van der Waals surface area contributed by atoms with Gasteiger partial charge < -0.3 is 10.3 Å². The van der Waals surface area contributed by atoms with Gasteiger partial charge in [0.15, 0.2) is 0 Å². The molecule has 0 atom stereocenters. The number of carbonyl (C=O) groups is 1. The monoisotopic (exact) mass is 323 g/mol. The summed E-state index contributed by atoms with van der Waals surface area (Å²) in [4.78, 5) is 25.6. The highest BCUT2D eigenvalue weighted by molar-refractivity contribution is 5.95. The second kappa shape index (κ2) is 6.54. The number of hydrogen-bond acceptors (Lipinski definition) is 3. The molecule has 0 aliphatic carbocycles. The SMILES string of the molecule is Cc1cc2cc[nH]c2cc1NC(=O)CCc1cccc([N+](=O)[O-])c1. The lowest BCUT2D eigenvalue weighted by molar-refractivity contribution is -0.384. The number of H-pyrrole nitrogens is 1. The van der Waals surface area contributed by atoms with Crippen molar-refractivity contribution >= 4 is 28.2 Å². The van der Waals surface area contributed by atoms with Gasteiger partial charge in [-0.25, -0.2) is 0 Å². The van der Waals surface area contributed by atoms with Crippen LogP contribution in [0.25, 0.3) is 10.9 Å². The van der Waals surface area contributed by atoms with Crippen LogP contribution >= 0.6 is 0 Å². The lowest BCUT2D eigenvalue weighted by Crippen LogP contribution is -2.13. The number of nitro groups is 1. The van der Waals surface area contributed by atoms with E-state index in [1.54, 1.807) is 12.1 Å². The highest BCUT2D eigenvalue weighted by atomic mass is 16.6. The minimum Gasteiger partial charge on any atom is -0.361 e. The first-order valence-electron chi connectivity index (χ1n) is 7.64. The van der Waals surface area contributed by atoms with Crippen molar-refractivity contribution in [1.82, 2.24) is 4.98 Å². The normalized spacial score (nSPS) is 10.7. The molecule has 0 aliphatic rings. The first kappa shape index (κ1) is 15.7. The smallest absolute Gasteiger partial charge is 0.269 e. The van der Waals surface area contributed by atoms with E-state index in [4.69, 9.17) is 0 Å². The van der Waals surface area contributed by atoms with E-state index in [-0.39, 0.29) is 18.0 Å². The van der Waals surface area contributed by atoms with Gasteiger partial charge in [-0.15, -0.1) is 0 Å². The van der Waals surface area contributed by atoms with Gasteiger partial charge in [0, 0.05) is 36.0 Å². The molecule has 0 saturated heterocycles. The Kier molecular flexibility index (Phi) is 4.29. The van der Waals surface area contributed by atoms with Crippen LogP contribution in [0.1, 0.15) is 17.5 Å². The fourth-order valence-corrected chi connectivity index (χ4v) is 2.65. The number of anilines is 1. The molecule has 1 heterocycles. The molecule has 1 aromatic heterocycles. The van der Waals surface area contributed by atoms with E-state index in [2.05, 4.69) is 10.3 Å². The standard InChI is InChI=1S/C18H17N3O3/c1-12-9-14-7-8-19-17(14)11-16(12)20-18(22)6-5-13-3-2-4-15(10-13)21(23)24/h2-4,7-11,19H,5-6H2,1H3,(H,20,22). The van der Waals surface area contributed by atoms with Crippen LogP contribution in [0.5, 0.6) is 0 Å². The molecule has 2 N–H and O–H groups in total. The molecule has 0 unspecified atom stereocenters. The zero-order valence-electron chi connectivity index (χ0n) is 13.2. The first-order chi connectivity index (χ1) is 11.5. The Hall–Kier alpha value is -3.15. The lowest BCUT2D eigenvalue weighted by atomic mass is 10.1. The number of amides is 1. The largest absolute Gasteiger partial charge is 0.361 e. The van der Waals surface area contributed by atoms with Crippen LogP contribution in [-0.2, 0) is 11.2 Å². The number of benzene rings is 2. The number of carbonyl (C=O) groups excluding carboxylic acids is 1. The molecule has 0 radical (unpaired) electrons. The molecule has 0 aliphatic heterocycles. The molecule has 3 rings (SSSR count). The Morgan fingerprint density at radius 1 is 1.25 bits per heavy atom. The van der Waals surface area contributed by atoms with Crippen LogP contribution in [0.15, 0.2) is 48.7 Å². The molecular formula is C18H17N3O3. The van der Waals surface area contributed by atoms with Gasteiger partial charge >= 0.3 is 0 Å². The summed E-state index contributed by atoms with van der Waals surface area (Å²) < 4.78 is 0. The van der Waals surface area contributed by atoms with Crippen molar-refractivity contribution in [3.63, 3.8) is 0 Å². The Morgan fingerprint density at radius 3 is 2.88 bits per heavy atom. The second-order valence-electron chi connectivity index (χ2n) is 5.71. The van der Waals surface area contributed by atoms with Gasteiger partial charge in [-0.2, -0.15) is 0 Å². The van der Waals surface area contributed by atoms with Crippen LogP contribution < -0.4 is 5.32 Å². The molecule has 122 valence electrons. The van der Waals surface area contributed by atoms with E-state index < -0.39 is 4.92 Å². The summed E-state index contributed by atoms with van der Waals surface area (Å²) in [6, 6.07) is 12.3. The quantitative estimate of drug-likeness (QED) is 0.550. The molecule has 6 nitrogen and oxygen atoms in total. The molecule has 0 saturated carbocycles. The minimum atomic E-state index is -0.432. The fraction of sp³-hybridized carbons (Fsp3) is 0.167. The molecule has 0 spiro atoms. The number of nitrogens with zero attached hydrogens (tertiary/aromatic N) is 1. The molecule has 0 bridgehead atoms. The molecule has 24 heavy (non-hydrogen) atoms. The van der Waals surface area contributed by atoms with Crippen LogP contribution in [0.2, 0.25) is 0 Å². The van der Waals surface area contributed by atoms with Gasteiger partial charge in [0.25, 0.3) is 5.69 Å². The van der Waals surface area contributed by atoms with Crippen LogP contribution in [0.3, 0.4) is 0 Å². The highest BCUT2D eigenvalue weighted by Crippen LogP contribution is 2.23. The number of aryl methyl sites for hydroxylation is 2. The molecule has 2 aromatic carbocycles. The fourth-order valence-electron chi connectivity index (χ4n) is 2.65. The average Bonchev–Trinajstić information content (AvgIpc) is 3.00. The summed E-state index contributed by atoms with van der Waals surface area (Å²) in [5.74, 6) is -0.115. The predicted molar refractivity (Wildman–Crippen MR) is 93.1 cm³/mol. The number of nitrogens with one attached hydrogen (secondary N) is 2. The summed E-state index contributed by atoms with van der Waals surface area (Å²) >= 11 is 0. The summed E-state index contributed by atoms with van der Waals surface area (Å²) in [5, 5.41) is 14.8. The van der Waals surface area contributed by atoms with E-state index in [0.717, 1.165) is 27.7 Å². The third kappa shape index (κ3) is 3.43. The molecule has 0 fully saturated rings. The summed E-state index contributed by atoms with van der Waals surface area (Å²) in [6.45, 7) is 1.95. The summed E-state index contributed by atoms with van der Waals surface area (Å²) in [6.07, 6.45) is 2.58. The number of aromatic amines is 1. The number of rotatable bonds is 5. The minimum absolute atomic E-state index is 0.0425. The van der Waals surface area contributed by atoms with Crippen LogP contribution in [-0.4, -0.2) is 15.8 Å². The van der Waals surface area contributed by atoms with E-state index in [1.807, 2.05) is 31.3 Å². The van der Waals surface area contributed by atoms with Crippen LogP contribution in [0.4, 0.5) is 11.4 Å². The average molecular weight is 323 g/mol. The zero-order chi connectivity index (χ0) is 17.1. The Labute approximate surface area is 138 Å². The van der Waals surface area contributed by atoms with Gasteiger partial charge in [0.2, 0.25) is 5.91 Å². The second-order valence-corrected chi connectivity index (χ2v) is 5.71. The van der Waals surface area contributed by atoms with Crippen molar-refractivity contribution < 1.29 is 9.72 Å². The van der Waals surface area contributed by atoms with Crippen LogP contribution in [0, 0.1) is 17.0 Å². The summed E-state index contributed by atoms with van der Waals surface area (Å²) in [5.41, 5.74) is 3.55. The van der Waals surface area contributed by atoms with E-state index in [0.29, 0.717) is 6.42 Å². The Bertz CT molecular complexity index is 915. The summed E-state index contributed by atoms with van der Waals surface area (Å²) in [7, 11) is 0. The van der Waals surface area contributed by atoms with Crippen molar-refractivity contribution in [2.24, 2.45) is 0 Å². The van der Waals surface area contributed by atoms with Crippen molar-refractivity contribution in [3.05, 3.63) is 69.9 Å². The Morgan fingerprint density at radius 2 is 2.08 bits per heavy atom. The van der Waals surface area contributed by atoms with Crippen molar-refractivity contribution in [1.29, 1.82) is 0 Å². The highest BCUT2D eigenvalue weighted by Gasteiger charge is 2.09. The van der Waals surface area contributed by atoms with Crippen molar-refractivity contribution in [2.45, 2.75) is 19.8 Å². The molecular weight excluding hydrogens is 306 g/mol. The number of hydrogen-bond donors (Lipinski definition) is 2.